The summed E-state index contributed by atoms with van der Waals surface area (Å²) < 4.78 is 7.81. The summed E-state index contributed by atoms with van der Waals surface area (Å²) in [5.41, 5.74) is 3.98. The number of amides is 1. The fourth-order valence-corrected chi connectivity index (χ4v) is 4.28. The molecule has 1 fully saturated rings. The molecule has 6 nitrogen and oxygen atoms in total. The van der Waals surface area contributed by atoms with Crippen molar-refractivity contribution in [1.29, 1.82) is 0 Å². The van der Waals surface area contributed by atoms with Gasteiger partial charge in [0.05, 0.1) is 29.6 Å². The summed E-state index contributed by atoms with van der Waals surface area (Å²) in [6, 6.07) is 5.78. The van der Waals surface area contributed by atoms with Crippen molar-refractivity contribution in [3.8, 4) is 0 Å². The largest absolute Gasteiger partial charge is 0.373 e. The van der Waals surface area contributed by atoms with E-state index in [9.17, 15) is 4.79 Å². The summed E-state index contributed by atoms with van der Waals surface area (Å²) in [5.74, 6) is -0.0947. The Morgan fingerprint density at radius 3 is 2.81 bits per heavy atom. The van der Waals surface area contributed by atoms with Crippen molar-refractivity contribution >= 4 is 28.9 Å². The van der Waals surface area contributed by atoms with Crippen molar-refractivity contribution in [2.24, 2.45) is 13.0 Å². The van der Waals surface area contributed by atoms with Crippen LogP contribution in [0.15, 0.2) is 24.4 Å². The summed E-state index contributed by atoms with van der Waals surface area (Å²) in [6.07, 6.45) is 3.22. The van der Waals surface area contributed by atoms with E-state index in [4.69, 9.17) is 16.3 Å². The number of nitrogens with zero attached hydrogens (tertiary/aromatic N) is 4. The fraction of sp³-hybridized carbons (Fsp3) is 0.500. The van der Waals surface area contributed by atoms with Gasteiger partial charge < -0.3 is 14.5 Å². The number of hydrogen-bond acceptors (Lipinski definition) is 4. The van der Waals surface area contributed by atoms with Gasteiger partial charge in [0.2, 0.25) is 5.91 Å². The van der Waals surface area contributed by atoms with Gasteiger partial charge in [0, 0.05) is 50.1 Å². The number of hydrogen-bond donors (Lipinski definition) is 0. The molecule has 0 spiro atoms. The molecule has 4 rings (SSSR count). The lowest BCUT2D eigenvalue weighted by molar-refractivity contribution is -0.124. The Labute approximate surface area is 164 Å². The van der Waals surface area contributed by atoms with Gasteiger partial charge in [0.1, 0.15) is 0 Å². The number of fused-ring (bicyclic) bond motifs is 1. The minimum Gasteiger partial charge on any atom is -0.373 e. The summed E-state index contributed by atoms with van der Waals surface area (Å²) >= 11 is 6.26. The first-order valence-electron chi connectivity index (χ1n) is 9.39. The average molecular weight is 389 g/mol. The molecule has 2 aliphatic rings. The van der Waals surface area contributed by atoms with Gasteiger partial charge in [-0.05, 0) is 38.0 Å². The lowest BCUT2D eigenvalue weighted by Gasteiger charge is -2.28. The Morgan fingerprint density at radius 2 is 2.07 bits per heavy atom. The summed E-state index contributed by atoms with van der Waals surface area (Å²) in [7, 11) is 3.97. The quantitative estimate of drug-likeness (QED) is 0.791. The van der Waals surface area contributed by atoms with Gasteiger partial charge in [0.15, 0.2) is 0 Å². The highest BCUT2D eigenvalue weighted by Gasteiger charge is 2.40. The van der Waals surface area contributed by atoms with Crippen molar-refractivity contribution in [2.45, 2.75) is 25.9 Å². The van der Waals surface area contributed by atoms with E-state index < -0.39 is 0 Å². The Kier molecular flexibility index (Phi) is 4.86. The maximum Gasteiger partial charge on any atom is 0.233 e. The van der Waals surface area contributed by atoms with Crippen LogP contribution in [-0.4, -0.2) is 42.4 Å². The molecule has 7 heteroatoms. The summed E-state index contributed by atoms with van der Waals surface area (Å²) in [4.78, 5) is 17.7. The van der Waals surface area contributed by atoms with Crippen LogP contribution in [0.4, 0.5) is 11.4 Å². The van der Waals surface area contributed by atoms with E-state index in [1.54, 1.807) is 0 Å². The summed E-state index contributed by atoms with van der Waals surface area (Å²) in [5, 5.41) is 4.97. The first-order valence-corrected chi connectivity index (χ1v) is 9.77. The van der Waals surface area contributed by atoms with E-state index in [0.717, 1.165) is 42.0 Å². The van der Waals surface area contributed by atoms with Crippen LogP contribution in [0.3, 0.4) is 0 Å². The number of aryl methyl sites for hydroxylation is 1. The second-order valence-corrected chi connectivity index (χ2v) is 7.83. The predicted octanol–water partition coefficient (Wildman–Crippen LogP) is 3.33. The standard InChI is InChI=1S/C20H25ClN4O2/c1-13-16(12-22-24(13)3)19-15(7-10-27-19)20(26)25-9-4-8-23(2)17-6-5-14(21)11-18(17)25/h5-6,11-12,15,19H,4,7-10H2,1-3H3/t15-,19-/m0/s1. The van der Waals surface area contributed by atoms with Crippen LogP contribution < -0.4 is 9.80 Å². The zero-order valence-electron chi connectivity index (χ0n) is 16.0. The molecule has 3 heterocycles. The molecule has 2 aliphatic heterocycles. The molecule has 1 saturated heterocycles. The molecule has 27 heavy (non-hydrogen) atoms. The first kappa shape index (κ1) is 18.3. The highest BCUT2D eigenvalue weighted by Crippen LogP contribution is 2.40. The topological polar surface area (TPSA) is 50.6 Å². The van der Waals surface area contributed by atoms with E-state index in [1.807, 2.05) is 47.9 Å². The van der Waals surface area contributed by atoms with Gasteiger partial charge in [-0.15, -0.1) is 0 Å². The van der Waals surface area contributed by atoms with E-state index in [2.05, 4.69) is 17.0 Å². The van der Waals surface area contributed by atoms with E-state index in [-0.39, 0.29) is 17.9 Å². The predicted molar refractivity (Wildman–Crippen MR) is 106 cm³/mol. The average Bonchev–Trinajstić information content (AvgIpc) is 3.21. The van der Waals surface area contributed by atoms with Crippen molar-refractivity contribution in [1.82, 2.24) is 9.78 Å². The van der Waals surface area contributed by atoms with Crippen molar-refractivity contribution in [3.05, 3.63) is 40.7 Å². The van der Waals surface area contributed by atoms with Gasteiger partial charge in [-0.25, -0.2) is 0 Å². The molecule has 0 unspecified atom stereocenters. The van der Waals surface area contributed by atoms with Gasteiger partial charge in [-0.2, -0.15) is 5.10 Å². The molecular formula is C20H25ClN4O2. The SMILES string of the molecule is Cc1c([C@H]2OCC[C@@H]2C(=O)N2CCCN(C)c3ccc(Cl)cc32)cnn1C. The number of anilines is 2. The van der Waals surface area contributed by atoms with E-state index in [1.165, 1.54) is 0 Å². The van der Waals surface area contributed by atoms with Crippen LogP contribution in [0.5, 0.6) is 0 Å². The minimum absolute atomic E-state index is 0.111. The maximum atomic E-state index is 13.6. The first-order chi connectivity index (χ1) is 13.0. The number of ether oxygens (including phenoxy) is 1. The molecular weight excluding hydrogens is 364 g/mol. The lowest BCUT2D eigenvalue weighted by atomic mass is 9.94. The maximum absolute atomic E-state index is 13.6. The molecule has 0 aliphatic carbocycles. The van der Waals surface area contributed by atoms with Gasteiger partial charge >= 0.3 is 0 Å². The second kappa shape index (κ2) is 7.17. The Balaban J connectivity index is 1.68. The number of halogens is 1. The van der Waals surface area contributed by atoms with E-state index in [0.29, 0.717) is 18.2 Å². The van der Waals surface area contributed by atoms with Crippen molar-refractivity contribution in [3.63, 3.8) is 0 Å². The second-order valence-electron chi connectivity index (χ2n) is 7.39. The lowest BCUT2D eigenvalue weighted by Crippen LogP contribution is -2.38. The Bertz CT molecular complexity index is 866. The minimum atomic E-state index is -0.241. The normalized spacial score (nSPS) is 22.7. The van der Waals surface area contributed by atoms with Crippen LogP contribution in [0.1, 0.15) is 30.2 Å². The smallest absolute Gasteiger partial charge is 0.233 e. The number of rotatable bonds is 2. The van der Waals surface area contributed by atoms with Crippen LogP contribution >= 0.6 is 11.6 Å². The number of carbonyl (C=O) groups is 1. The highest BCUT2D eigenvalue weighted by atomic mass is 35.5. The van der Waals surface area contributed by atoms with Crippen LogP contribution in [0, 0.1) is 12.8 Å². The third-order valence-electron chi connectivity index (χ3n) is 5.77. The summed E-state index contributed by atoms with van der Waals surface area (Å²) in [6.45, 7) is 4.20. The Hall–Kier alpha value is -2.05. The monoisotopic (exact) mass is 388 g/mol. The molecule has 1 amide bonds. The number of benzene rings is 1. The van der Waals surface area contributed by atoms with Crippen LogP contribution in [-0.2, 0) is 16.6 Å². The highest BCUT2D eigenvalue weighted by molar-refractivity contribution is 6.31. The molecule has 0 radical (unpaired) electrons. The molecule has 1 aromatic heterocycles. The third-order valence-corrected chi connectivity index (χ3v) is 6.00. The fourth-order valence-electron chi connectivity index (χ4n) is 4.12. The Morgan fingerprint density at radius 1 is 1.26 bits per heavy atom. The van der Waals surface area contributed by atoms with E-state index >= 15 is 0 Å². The zero-order chi connectivity index (χ0) is 19.1. The molecule has 2 atom stereocenters. The zero-order valence-corrected chi connectivity index (χ0v) is 16.7. The van der Waals surface area contributed by atoms with Crippen LogP contribution in [0.2, 0.25) is 5.02 Å². The number of carbonyl (C=O) groups excluding carboxylic acids is 1. The van der Waals surface area contributed by atoms with Gasteiger partial charge in [0.25, 0.3) is 0 Å². The van der Waals surface area contributed by atoms with Gasteiger partial charge in [-0.1, -0.05) is 11.6 Å². The number of aromatic nitrogens is 2. The molecule has 0 saturated carbocycles. The van der Waals surface area contributed by atoms with Gasteiger partial charge in [-0.3, -0.25) is 9.48 Å². The third kappa shape index (κ3) is 3.21. The van der Waals surface area contributed by atoms with Crippen molar-refractivity contribution in [2.75, 3.05) is 36.5 Å². The molecule has 144 valence electrons. The molecule has 0 bridgehead atoms. The van der Waals surface area contributed by atoms with Crippen molar-refractivity contribution < 1.29 is 9.53 Å². The van der Waals surface area contributed by atoms with Crippen LogP contribution in [0.25, 0.3) is 0 Å². The molecule has 2 aromatic rings. The molecule has 1 aromatic carbocycles. The molecule has 0 N–H and O–H groups in total.